The summed E-state index contributed by atoms with van der Waals surface area (Å²) in [7, 11) is 0. The Morgan fingerprint density at radius 3 is 2.17 bits per heavy atom. The molecule has 0 radical (unpaired) electrons. The average Bonchev–Trinajstić information content (AvgIpc) is 2.60. The lowest BCUT2D eigenvalue weighted by atomic mass is 9.98. The van der Waals surface area contributed by atoms with Gasteiger partial charge >= 0.3 is 0 Å². The summed E-state index contributed by atoms with van der Waals surface area (Å²) >= 11 is 0. The van der Waals surface area contributed by atoms with Crippen LogP contribution in [0.2, 0.25) is 0 Å². The fourth-order valence-electron chi connectivity index (χ4n) is 3.06. The van der Waals surface area contributed by atoms with E-state index in [1.807, 2.05) is 12.1 Å². The molecule has 24 heavy (non-hydrogen) atoms. The highest BCUT2D eigenvalue weighted by molar-refractivity contribution is 5.87. The van der Waals surface area contributed by atoms with Crippen molar-refractivity contribution in [2.45, 2.75) is 39.0 Å². The molecule has 0 heterocycles. The van der Waals surface area contributed by atoms with E-state index in [9.17, 15) is 8.78 Å². The molecule has 0 unspecified atom stereocenters. The van der Waals surface area contributed by atoms with Crippen LogP contribution in [-0.2, 0) is 6.42 Å². The van der Waals surface area contributed by atoms with Crippen LogP contribution in [0.5, 0.6) is 0 Å². The number of halogens is 2. The Morgan fingerprint density at radius 1 is 0.667 bits per heavy atom. The number of fused-ring (bicyclic) bond motifs is 1. The van der Waals surface area contributed by atoms with E-state index in [1.54, 1.807) is 6.07 Å². The second kappa shape index (κ2) is 7.57. The number of benzene rings is 3. The van der Waals surface area contributed by atoms with Gasteiger partial charge in [0.05, 0.1) is 0 Å². The highest BCUT2D eigenvalue weighted by Gasteiger charge is 2.06. The second-order valence-corrected chi connectivity index (χ2v) is 6.34. The molecule has 0 amide bonds. The minimum absolute atomic E-state index is 0.694. The van der Waals surface area contributed by atoms with Gasteiger partial charge in [-0.1, -0.05) is 62.6 Å². The zero-order valence-electron chi connectivity index (χ0n) is 14.0. The van der Waals surface area contributed by atoms with Crippen molar-refractivity contribution < 1.29 is 8.78 Å². The summed E-state index contributed by atoms with van der Waals surface area (Å²) < 4.78 is 26.5. The Hall–Kier alpha value is -2.22. The molecule has 124 valence electrons. The van der Waals surface area contributed by atoms with Gasteiger partial charge in [0.1, 0.15) is 0 Å². The molecule has 3 aromatic carbocycles. The summed E-state index contributed by atoms with van der Waals surface area (Å²) in [5.41, 5.74) is 2.95. The summed E-state index contributed by atoms with van der Waals surface area (Å²) in [4.78, 5) is 0. The van der Waals surface area contributed by atoms with Gasteiger partial charge in [0, 0.05) is 0 Å². The summed E-state index contributed by atoms with van der Waals surface area (Å²) in [6.07, 6.45) is 6.17. The highest BCUT2D eigenvalue weighted by atomic mass is 19.2. The Balaban J connectivity index is 1.82. The van der Waals surface area contributed by atoms with Crippen LogP contribution in [0.3, 0.4) is 0 Å². The lowest BCUT2D eigenvalue weighted by molar-refractivity contribution is 0.509. The maximum Gasteiger partial charge on any atom is 0.159 e. The van der Waals surface area contributed by atoms with Gasteiger partial charge in [-0.05, 0) is 58.5 Å². The van der Waals surface area contributed by atoms with Crippen molar-refractivity contribution in [1.82, 2.24) is 0 Å². The van der Waals surface area contributed by atoms with E-state index in [0.717, 1.165) is 17.4 Å². The predicted molar refractivity (Wildman–Crippen MR) is 97.1 cm³/mol. The number of hydrogen-bond donors (Lipinski definition) is 0. The largest absolute Gasteiger partial charge is 0.204 e. The molecular weight excluding hydrogens is 302 g/mol. The monoisotopic (exact) mass is 324 g/mol. The number of rotatable bonds is 6. The Labute approximate surface area is 142 Å². The lowest BCUT2D eigenvalue weighted by Crippen LogP contribution is -1.88. The molecule has 0 aliphatic heterocycles. The van der Waals surface area contributed by atoms with E-state index in [4.69, 9.17) is 0 Å². The van der Waals surface area contributed by atoms with E-state index in [-0.39, 0.29) is 0 Å². The third-order valence-electron chi connectivity index (χ3n) is 4.48. The first-order valence-electron chi connectivity index (χ1n) is 8.65. The van der Waals surface area contributed by atoms with Crippen molar-refractivity contribution in [3.8, 4) is 11.1 Å². The van der Waals surface area contributed by atoms with Gasteiger partial charge in [-0.15, -0.1) is 0 Å². The molecule has 0 saturated heterocycles. The van der Waals surface area contributed by atoms with E-state index in [2.05, 4.69) is 31.2 Å². The molecule has 0 nitrogen and oxygen atoms in total. The van der Waals surface area contributed by atoms with Crippen LogP contribution in [0.25, 0.3) is 21.9 Å². The van der Waals surface area contributed by atoms with Crippen LogP contribution in [0.1, 0.15) is 38.2 Å². The zero-order chi connectivity index (χ0) is 16.9. The molecule has 0 aliphatic carbocycles. The van der Waals surface area contributed by atoms with Crippen molar-refractivity contribution in [3.63, 3.8) is 0 Å². The maximum absolute atomic E-state index is 13.4. The van der Waals surface area contributed by atoms with Crippen molar-refractivity contribution in [3.05, 3.63) is 71.8 Å². The zero-order valence-corrected chi connectivity index (χ0v) is 14.0. The van der Waals surface area contributed by atoms with E-state index in [0.29, 0.717) is 5.56 Å². The first-order chi connectivity index (χ1) is 11.7. The highest BCUT2D eigenvalue weighted by Crippen LogP contribution is 2.26. The van der Waals surface area contributed by atoms with Gasteiger partial charge in [0.2, 0.25) is 0 Å². The molecule has 0 atom stereocenters. The summed E-state index contributed by atoms with van der Waals surface area (Å²) in [5, 5.41) is 2.31. The Kier molecular flexibility index (Phi) is 5.24. The number of aryl methyl sites for hydroxylation is 1. The number of hydrogen-bond acceptors (Lipinski definition) is 0. The van der Waals surface area contributed by atoms with E-state index >= 15 is 0 Å². The minimum Gasteiger partial charge on any atom is -0.204 e. The summed E-state index contributed by atoms with van der Waals surface area (Å²) in [6, 6.07) is 16.6. The standard InChI is InChI=1S/C22H22F2/c1-2-3-4-5-6-16-7-8-18-14-19(10-9-17(18)13-16)20-11-12-21(23)22(24)15-20/h7-15H,2-6H2,1H3. The predicted octanol–water partition coefficient (Wildman–Crippen LogP) is 6.91. The van der Waals surface area contributed by atoms with Crippen LogP contribution in [0.15, 0.2) is 54.6 Å². The van der Waals surface area contributed by atoms with Gasteiger partial charge in [0.15, 0.2) is 11.6 Å². The molecule has 3 aromatic rings. The fourth-order valence-corrected chi connectivity index (χ4v) is 3.06. The molecule has 0 fully saturated rings. The van der Waals surface area contributed by atoms with Crippen LogP contribution in [0, 0.1) is 11.6 Å². The van der Waals surface area contributed by atoms with Crippen LogP contribution >= 0.6 is 0 Å². The van der Waals surface area contributed by atoms with Crippen molar-refractivity contribution >= 4 is 10.8 Å². The van der Waals surface area contributed by atoms with Crippen molar-refractivity contribution in [1.29, 1.82) is 0 Å². The van der Waals surface area contributed by atoms with Gasteiger partial charge in [-0.3, -0.25) is 0 Å². The van der Waals surface area contributed by atoms with E-state index < -0.39 is 11.6 Å². The third-order valence-corrected chi connectivity index (χ3v) is 4.48. The van der Waals surface area contributed by atoms with Gasteiger partial charge in [0.25, 0.3) is 0 Å². The van der Waals surface area contributed by atoms with Gasteiger partial charge in [-0.25, -0.2) is 8.78 Å². The molecule has 2 heteroatoms. The van der Waals surface area contributed by atoms with Crippen LogP contribution < -0.4 is 0 Å². The first-order valence-corrected chi connectivity index (χ1v) is 8.65. The molecule has 3 rings (SSSR count). The van der Waals surface area contributed by atoms with Crippen molar-refractivity contribution in [2.24, 2.45) is 0 Å². The Bertz CT molecular complexity index is 836. The molecule has 0 N–H and O–H groups in total. The molecule has 0 bridgehead atoms. The molecule has 0 saturated carbocycles. The summed E-state index contributed by atoms with van der Waals surface area (Å²) in [5.74, 6) is -1.62. The fraction of sp³-hybridized carbons (Fsp3) is 0.273. The first kappa shape index (κ1) is 16.6. The molecular formula is C22H22F2. The van der Waals surface area contributed by atoms with Crippen molar-refractivity contribution in [2.75, 3.05) is 0 Å². The SMILES string of the molecule is CCCCCCc1ccc2cc(-c3ccc(F)c(F)c3)ccc2c1. The quantitative estimate of drug-likeness (QED) is 0.432. The smallest absolute Gasteiger partial charge is 0.159 e. The molecule has 0 aliphatic rings. The van der Waals surface area contributed by atoms with Crippen LogP contribution in [-0.4, -0.2) is 0 Å². The minimum atomic E-state index is -0.813. The normalized spacial score (nSPS) is 11.1. The lowest BCUT2D eigenvalue weighted by Gasteiger charge is -2.07. The summed E-state index contributed by atoms with van der Waals surface area (Å²) in [6.45, 7) is 2.22. The second-order valence-electron chi connectivity index (χ2n) is 6.34. The van der Waals surface area contributed by atoms with Gasteiger partial charge < -0.3 is 0 Å². The van der Waals surface area contributed by atoms with Gasteiger partial charge in [-0.2, -0.15) is 0 Å². The average molecular weight is 324 g/mol. The van der Waals surface area contributed by atoms with E-state index in [1.165, 1.54) is 48.8 Å². The topological polar surface area (TPSA) is 0 Å². The number of unbranched alkanes of at least 4 members (excludes halogenated alkanes) is 3. The Morgan fingerprint density at radius 2 is 1.38 bits per heavy atom. The maximum atomic E-state index is 13.4. The third kappa shape index (κ3) is 3.81. The van der Waals surface area contributed by atoms with Crippen LogP contribution in [0.4, 0.5) is 8.78 Å². The molecule has 0 spiro atoms. The molecule has 0 aromatic heterocycles.